The number of nitrogens with zero attached hydrogens (tertiary/aromatic N) is 2. The van der Waals surface area contributed by atoms with E-state index in [1.807, 2.05) is 44.4 Å². The smallest absolute Gasteiger partial charge is 0.410 e. The van der Waals surface area contributed by atoms with Crippen molar-refractivity contribution in [3.05, 3.63) is 48.2 Å². The van der Waals surface area contributed by atoms with Crippen LogP contribution in [-0.4, -0.2) is 62.5 Å². The maximum atomic E-state index is 12.3. The summed E-state index contributed by atoms with van der Waals surface area (Å²) in [6.07, 6.45) is 3.94. The number of ether oxygens (including phenoxy) is 1. The molecule has 0 radical (unpaired) electrons. The Morgan fingerprint density at radius 2 is 1.88 bits per heavy atom. The number of amides is 1. The van der Waals surface area contributed by atoms with Crippen molar-refractivity contribution in [3.8, 4) is 0 Å². The number of piperidine rings is 1. The van der Waals surface area contributed by atoms with E-state index in [0.717, 1.165) is 5.56 Å². The fraction of sp³-hybridized carbons (Fsp3) is 0.500. The Kier molecular flexibility index (Phi) is 6.87. The van der Waals surface area contributed by atoms with E-state index in [1.165, 1.54) is 0 Å². The summed E-state index contributed by atoms with van der Waals surface area (Å²) >= 11 is 0. The minimum absolute atomic E-state index is 0.0360. The molecule has 1 aliphatic heterocycles. The summed E-state index contributed by atoms with van der Waals surface area (Å²) in [5.74, 6) is 0.0360. The molecule has 25 heavy (non-hydrogen) atoms. The molecule has 138 valence electrons. The van der Waals surface area contributed by atoms with Crippen molar-refractivity contribution in [2.75, 3.05) is 32.9 Å². The number of likely N-dealkylation sites (tertiary alicyclic amines) is 1. The second-order valence-electron chi connectivity index (χ2n) is 6.40. The van der Waals surface area contributed by atoms with Crippen LogP contribution in [0.1, 0.15) is 18.4 Å². The van der Waals surface area contributed by atoms with Crippen LogP contribution in [0.4, 0.5) is 4.79 Å². The Hall–Kier alpha value is -2.02. The van der Waals surface area contributed by atoms with Crippen LogP contribution in [0.3, 0.4) is 0 Å². The van der Waals surface area contributed by atoms with Gasteiger partial charge in [-0.05, 0) is 24.6 Å². The van der Waals surface area contributed by atoms with Gasteiger partial charge in [-0.2, -0.15) is 0 Å². The second-order valence-corrected chi connectivity index (χ2v) is 8.73. The van der Waals surface area contributed by atoms with Gasteiger partial charge in [-0.25, -0.2) is 13.2 Å². The first kappa shape index (κ1) is 19.3. The monoisotopic (exact) mass is 366 g/mol. The summed E-state index contributed by atoms with van der Waals surface area (Å²) < 4.78 is 30.0. The Bertz CT molecular complexity index is 678. The predicted molar refractivity (Wildman–Crippen MR) is 97.8 cm³/mol. The third kappa shape index (κ3) is 6.08. The van der Waals surface area contributed by atoms with Crippen molar-refractivity contribution < 1.29 is 17.9 Å². The van der Waals surface area contributed by atoms with Gasteiger partial charge in [0.05, 0.1) is 11.0 Å². The fourth-order valence-corrected chi connectivity index (χ4v) is 4.29. The summed E-state index contributed by atoms with van der Waals surface area (Å²) in [6, 6.07) is 9.49. The highest BCUT2D eigenvalue weighted by Crippen LogP contribution is 2.19. The van der Waals surface area contributed by atoms with Crippen LogP contribution >= 0.6 is 0 Å². The van der Waals surface area contributed by atoms with Crippen LogP contribution < -0.4 is 0 Å². The van der Waals surface area contributed by atoms with E-state index in [0.29, 0.717) is 25.9 Å². The van der Waals surface area contributed by atoms with Crippen LogP contribution in [0, 0.1) is 0 Å². The van der Waals surface area contributed by atoms with E-state index in [9.17, 15) is 13.2 Å². The Labute approximate surface area is 150 Å². The van der Waals surface area contributed by atoms with Gasteiger partial charge >= 0.3 is 6.09 Å². The molecule has 1 aromatic rings. The second kappa shape index (κ2) is 8.89. The van der Waals surface area contributed by atoms with Crippen molar-refractivity contribution >= 4 is 15.9 Å². The van der Waals surface area contributed by atoms with Gasteiger partial charge in [0.15, 0.2) is 9.84 Å². The highest BCUT2D eigenvalue weighted by molar-refractivity contribution is 7.92. The van der Waals surface area contributed by atoms with Gasteiger partial charge < -0.3 is 14.5 Å². The molecule has 0 spiro atoms. The molecule has 0 unspecified atom stereocenters. The number of sulfone groups is 1. The number of carbonyl (C=O) groups excluding carboxylic acids is 1. The van der Waals surface area contributed by atoms with E-state index in [2.05, 4.69) is 0 Å². The van der Waals surface area contributed by atoms with Gasteiger partial charge in [0, 0.05) is 27.2 Å². The zero-order valence-electron chi connectivity index (χ0n) is 14.8. The average Bonchev–Trinajstić information content (AvgIpc) is 2.60. The maximum absolute atomic E-state index is 12.3. The summed E-state index contributed by atoms with van der Waals surface area (Å²) in [5.41, 5.74) is 0.931. The van der Waals surface area contributed by atoms with Gasteiger partial charge in [-0.3, -0.25) is 0 Å². The average molecular weight is 366 g/mol. The Morgan fingerprint density at radius 3 is 2.48 bits per heavy atom. The molecule has 0 bridgehead atoms. The van der Waals surface area contributed by atoms with E-state index in [-0.39, 0.29) is 18.5 Å². The fourth-order valence-electron chi connectivity index (χ4n) is 2.73. The third-order valence-electron chi connectivity index (χ3n) is 4.15. The van der Waals surface area contributed by atoms with E-state index < -0.39 is 15.1 Å². The first-order chi connectivity index (χ1) is 11.9. The molecule has 0 N–H and O–H groups in total. The van der Waals surface area contributed by atoms with Crippen molar-refractivity contribution in [2.24, 2.45) is 0 Å². The summed E-state index contributed by atoms with van der Waals surface area (Å²) in [4.78, 5) is 15.5. The molecule has 1 fully saturated rings. The number of hydrogen-bond acceptors (Lipinski definition) is 5. The topological polar surface area (TPSA) is 66.9 Å². The lowest BCUT2D eigenvalue weighted by atomic mass is 10.1. The molecule has 1 aliphatic rings. The lowest BCUT2D eigenvalue weighted by Crippen LogP contribution is -2.43. The van der Waals surface area contributed by atoms with Gasteiger partial charge in [0.25, 0.3) is 0 Å². The number of carbonyl (C=O) groups is 1. The molecule has 0 aliphatic carbocycles. The van der Waals surface area contributed by atoms with Crippen molar-refractivity contribution in [1.82, 2.24) is 9.80 Å². The summed E-state index contributed by atoms with van der Waals surface area (Å²) in [7, 11) is 0.524. The van der Waals surface area contributed by atoms with E-state index >= 15 is 0 Å². The highest BCUT2D eigenvalue weighted by Gasteiger charge is 2.31. The molecule has 1 aromatic carbocycles. The molecule has 1 heterocycles. The maximum Gasteiger partial charge on any atom is 0.410 e. The van der Waals surface area contributed by atoms with Gasteiger partial charge in [0.1, 0.15) is 6.61 Å². The number of benzene rings is 1. The molecule has 1 saturated heterocycles. The molecular formula is C18H26N2O4S. The SMILES string of the molecule is CN(C)C=CCS(=O)(=O)C1CCN(C(=O)OCc2ccccc2)CC1. The summed E-state index contributed by atoms with van der Waals surface area (Å²) in [5, 5.41) is -0.391. The lowest BCUT2D eigenvalue weighted by molar-refractivity contribution is 0.0897. The van der Waals surface area contributed by atoms with Crippen LogP contribution in [0.5, 0.6) is 0 Å². The Balaban J connectivity index is 1.79. The molecular weight excluding hydrogens is 340 g/mol. The van der Waals surface area contributed by atoms with Gasteiger partial charge in [-0.1, -0.05) is 36.4 Å². The number of rotatable bonds is 6. The Morgan fingerprint density at radius 1 is 1.24 bits per heavy atom. The molecule has 0 aromatic heterocycles. The highest BCUT2D eigenvalue weighted by atomic mass is 32.2. The minimum atomic E-state index is -3.18. The van der Waals surface area contributed by atoms with Gasteiger partial charge in [-0.15, -0.1) is 0 Å². The molecule has 0 saturated carbocycles. The molecule has 1 amide bonds. The predicted octanol–water partition coefficient (Wildman–Crippen LogP) is 2.28. The zero-order valence-corrected chi connectivity index (χ0v) is 15.6. The third-order valence-corrected chi connectivity index (χ3v) is 6.29. The molecule has 7 heteroatoms. The standard InChI is InChI=1S/C18H26N2O4S/c1-19(2)11-6-14-25(22,23)17-9-12-20(13-10-17)18(21)24-15-16-7-4-3-5-8-16/h3-8,11,17H,9-10,12-15H2,1-2H3. The van der Waals surface area contributed by atoms with Gasteiger partial charge in [0.2, 0.25) is 0 Å². The quantitative estimate of drug-likeness (QED) is 0.773. The zero-order chi connectivity index (χ0) is 18.3. The molecule has 2 rings (SSSR count). The lowest BCUT2D eigenvalue weighted by Gasteiger charge is -2.30. The summed E-state index contributed by atoms with van der Waals surface area (Å²) in [6.45, 7) is 1.05. The van der Waals surface area contributed by atoms with E-state index in [1.54, 1.807) is 22.1 Å². The van der Waals surface area contributed by atoms with Crippen molar-refractivity contribution in [2.45, 2.75) is 24.7 Å². The molecule has 6 nitrogen and oxygen atoms in total. The first-order valence-electron chi connectivity index (χ1n) is 8.39. The van der Waals surface area contributed by atoms with Crippen LogP contribution in [0.25, 0.3) is 0 Å². The molecule has 0 atom stereocenters. The normalized spacial score (nSPS) is 16.2. The van der Waals surface area contributed by atoms with Crippen LogP contribution in [-0.2, 0) is 21.2 Å². The van der Waals surface area contributed by atoms with Crippen molar-refractivity contribution in [3.63, 3.8) is 0 Å². The van der Waals surface area contributed by atoms with E-state index in [4.69, 9.17) is 4.74 Å². The largest absolute Gasteiger partial charge is 0.445 e. The first-order valence-corrected chi connectivity index (χ1v) is 10.1. The number of hydrogen-bond donors (Lipinski definition) is 0. The van der Waals surface area contributed by atoms with Crippen molar-refractivity contribution in [1.29, 1.82) is 0 Å². The minimum Gasteiger partial charge on any atom is -0.445 e. The van der Waals surface area contributed by atoms with Crippen LogP contribution in [0.15, 0.2) is 42.6 Å². The van der Waals surface area contributed by atoms with Crippen LogP contribution in [0.2, 0.25) is 0 Å².